The van der Waals surface area contributed by atoms with E-state index in [9.17, 15) is 13.6 Å². The fourth-order valence-corrected chi connectivity index (χ4v) is 3.69. The highest BCUT2D eigenvalue weighted by atomic mass is 19.1. The molecule has 0 aliphatic carbocycles. The third kappa shape index (κ3) is 3.52. The summed E-state index contributed by atoms with van der Waals surface area (Å²) in [5.41, 5.74) is 3.67. The number of hydrogen-bond acceptors (Lipinski definition) is 3. The molecule has 1 amide bonds. The SMILES string of the molecule is Cn1cnc2cc(NC(=O)c3cc4cc(F)cnc4n3Cc3cccc(F)c3)ccc21. The second-order valence-corrected chi connectivity index (χ2v) is 7.33. The first kappa shape index (κ1) is 18.9. The molecule has 0 bridgehead atoms. The Morgan fingerprint density at radius 1 is 1.03 bits per heavy atom. The maximum atomic E-state index is 13.7. The summed E-state index contributed by atoms with van der Waals surface area (Å²) >= 11 is 0. The van der Waals surface area contributed by atoms with Crippen molar-refractivity contribution in [3.05, 3.63) is 90.0 Å². The molecule has 0 radical (unpaired) electrons. The number of halogens is 2. The van der Waals surface area contributed by atoms with Gasteiger partial charge in [-0.1, -0.05) is 12.1 Å². The molecule has 0 spiro atoms. The van der Waals surface area contributed by atoms with Gasteiger partial charge in [-0.15, -0.1) is 0 Å². The largest absolute Gasteiger partial charge is 0.334 e. The molecule has 0 saturated carbocycles. The molecule has 5 aromatic rings. The van der Waals surface area contributed by atoms with E-state index < -0.39 is 5.82 Å². The van der Waals surface area contributed by atoms with Crippen molar-refractivity contribution in [1.29, 1.82) is 0 Å². The van der Waals surface area contributed by atoms with Gasteiger partial charge >= 0.3 is 0 Å². The highest BCUT2D eigenvalue weighted by Crippen LogP contribution is 2.23. The minimum absolute atomic E-state index is 0.210. The molecule has 3 heterocycles. The van der Waals surface area contributed by atoms with Crippen molar-refractivity contribution in [2.75, 3.05) is 5.32 Å². The number of pyridine rings is 1. The molecule has 0 saturated heterocycles. The Morgan fingerprint density at radius 3 is 2.74 bits per heavy atom. The summed E-state index contributed by atoms with van der Waals surface area (Å²) in [4.78, 5) is 21.6. The van der Waals surface area contributed by atoms with Gasteiger partial charge < -0.3 is 14.5 Å². The molecular formula is C23H17F2N5O. The second kappa shape index (κ2) is 7.32. The zero-order chi connectivity index (χ0) is 21.5. The molecule has 1 N–H and O–H groups in total. The predicted octanol–water partition coefficient (Wildman–Crippen LogP) is 4.50. The zero-order valence-corrected chi connectivity index (χ0v) is 16.5. The maximum absolute atomic E-state index is 13.7. The molecule has 6 nitrogen and oxygen atoms in total. The molecule has 0 aliphatic rings. The lowest BCUT2D eigenvalue weighted by Crippen LogP contribution is -2.17. The van der Waals surface area contributed by atoms with Gasteiger partial charge in [0.15, 0.2) is 0 Å². The number of nitrogens with one attached hydrogen (secondary N) is 1. The van der Waals surface area contributed by atoms with Crippen LogP contribution in [0.2, 0.25) is 0 Å². The molecular weight excluding hydrogens is 400 g/mol. The molecule has 0 atom stereocenters. The Kier molecular flexibility index (Phi) is 4.47. The van der Waals surface area contributed by atoms with Crippen LogP contribution in [-0.4, -0.2) is 25.0 Å². The molecule has 0 unspecified atom stereocenters. The standard InChI is InChI=1S/C23H17F2N5O/c1-29-13-27-19-10-18(5-6-20(19)29)28-23(31)21-9-15-8-17(25)11-26-22(15)30(21)12-14-3-2-4-16(24)7-14/h2-11,13H,12H2,1H3,(H,28,31). The molecule has 154 valence electrons. The van der Waals surface area contributed by atoms with Crippen LogP contribution in [0.4, 0.5) is 14.5 Å². The quantitative estimate of drug-likeness (QED) is 0.468. The van der Waals surface area contributed by atoms with Crippen LogP contribution in [0, 0.1) is 11.6 Å². The van der Waals surface area contributed by atoms with Gasteiger partial charge in [-0.2, -0.15) is 0 Å². The van der Waals surface area contributed by atoms with Gasteiger partial charge in [0.25, 0.3) is 5.91 Å². The van der Waals surface area contributed by atoms with Gasteiger partial charge in [0.2, 0.25) is 0 Å². The fourth-order valence-electron chi connectivity index (χ4n) is 3.69. The average Bonchev–Trinajstić information content (AvgIpc) is 3.28. The first-order chi connectivity index (χ1) is 15.0. The van der Waals surface area contributed by atoms with Crippen molar-refractivity contribution >= 4 is 33.7 Å². The number of fused-ring (bicyclic) bond motifs is 2. The first-order valence-corrected chi connectivity index (χ1v) is 9.59. The first-order valence-electron chi connectivity index (χ1n) is 9.59. The third-order valence-electron chi connectivity index (χ3n) is 5.15. The highest BCUT2D eigenvalue weighted by molar-refractivity contribution is 6.06. The molecule has 2 aromatic carbocycles. The van der Waals surface area contributed by atoms with E-state index in [4.69, 9.17) is 0 Å². The van der Waals surface area contributed by atoms with Crippen LogP contribution in [0.5, 0.6) is 0 Å². The molecule has 31 heavy (non-hydrogen) atoms. The summed E-state index contributed by atoms with van der Waals surface area (Å²) in [6.45, 7) is 0.210. The predicted molar refractivity (Wildman–Crippen MR) is 114 cm³/mol. The number of amides is 1. The minimum Gasteiger partial charge on any atom is -0.334 e. The van der Waals surface area contributed by atoms with Crippen molar-refractivity contribution in [1.82, 2.24) is 19.1 Å². The lowest BCUT2D eigenvalue weighted by molar-refractivity contribution is 0.101. The average molecular weight is 417 g/mol. The number of imidazole rings is 1. The molecule has 8 heteroatoms. The third-order valence-corrected chi connectivity index (χ3v) is 5.15. The van der Waals surface area contributed by atoms with Crippen LogP contribution < -0.4 is 5.32 Å². The molecule has 0 aliphatic heterocycles. The van der Waals surface area contributed by atoms with Crippen molar-refractivity contribution in [2.45, 2.75) is 6.54 Å². The van der Waals surface area contributed by atoms with E-state index in [-0.39, 0.29) is 18.3 Å². The Labute approximate surface area is 175 Å². The van der Waals surface area contributed by atoms with E-state index in [1.54, 1.807) is 41.2 Å². The Hall–Kier alpha value is -4.07. The Balaban J connectivity index is 1.54. The normalized spacial score (nSPS) is 11.3. The van der Waals surface area contributed by atoms with E-state index in [1.165, 1.54) is 18.2 Å². The van der Waals surface area contributed by atoms with Crippen LogP contribution >= 0.6 is 0 Å². The number of hydrogen-bond donors (Lipinski definition) is 1. The number of nitrogens with zero attached hydrogens (tertiary/aromatic N) is 4. The minimum atomic E-state index is -0.497. The summed E-state index contributed by atoms with van der Waals surface area (Å²) in [5, 5.41) is 3.36. The molecule has 3 aromatic heterocycles. The number of aromatic nitrogens is 4. The van der Waals surface area contributed by atoms with Crippen LogP contribution in [-0.2, 0) is 13.6 Å². The van der Waals surface area contributed by atoms with Gasteiger partial charge in [-0.25, -0.2) is 18.7 Å². The van der Waals surface area contributed by atoms with E-state index in [1.807, 2.05) is 17.7 Å². The fraction of sp³-hybridized carbons (Fsp3) is 0.0870. The van der Waals surface area contributed by atoms with Crippen molar-refractivity contribution in [3.63, 3.8) is 0 Å². The summed E-state index contributed by atoms with van der Waals surface area (Å²) in [6.07, 6.45) is 2.80. The van der Waals surface area contributed by atoms with E-state index in [0.29, 0.717) is 28.0 Å². The van der Waals surface area contributed by atoms with Crippen LogP contribution in [0.3, 0.4) is 0 Å². The van der Waals surface area contributed by atoms with Crippen LogP contribution in [0.1, 0.15) is 16.1 Å². The van der Waals surface area contributed by atoms with Crippen molar-refractivity contribution in [2.24, 2.45) is 7.05 Å². The highest BCUT2D eigenvalue weighted by Gasteiger charge is 2.18. The monoisotopic (exact) mass is 417 g/mol. The molecule has 0 fully saturated rings. The lowest BCUT2D eigenvalue weighted by Gasteiger charge is -2.11. The molecule has 5 rings (SSSR count). The smallest absolute Gasteiger partial charge is 0.272 e. The summed E-state index contributed by atoms with van der Waals surface area (Å²) in [5.74, 6) is -1.25. The van der Waals surface area contributed by atoms with Gasteiger partial charge in [-0.05, 0) is 48.0 Å². The van der Waals surface area contributed by atoms with Gasteiger partial charge in [0.05, 0.1) is 23.6 Å². The van der Waals surface area contributed by atoms with E-state index in [2.05, 4.69) is 15.3 Å². The number of carbonyl (C=O) groups is 1. The van der Waals surface area contributed by atoms with E-state index in [0.717, 1.165) is 17.2 Å². The van der Waals surface area contributed by atoms with Crippen LogP contribution in [0.25, 0.3) is 22.1 Å². The maximum Gasteiger partial charge on any atom is 0.272 e. The van der Waals surface area contributed by atoms with Crippen LogP contribution in [0.15, 0.2) is 67.1 Å². The van der Waals surface area contributed by atoms with E-state index >= 15 is 0 Å². The number of carbonyl (C=O) groups excluding carboxylic acids is 1. The van der Waals surface area contributed by atoms with Gasteiger partial charge in [0, 0.05) is 24.7 Å². The summed E-state index contributed by atoms with van der Waals surface area (Å²) in [7, 11) is 1.89. The van der Waals surface area contributed by atoms with Gasteiger partial charge in [-0.3, -0.25) is 4.79 Å². The Bertz CT molecular complexity index is 1450. The van der Waals surface area contributed by atoms with Crippen molar-refractivity contribution in [3.8, 4) is 0 Å². The number of aryl methyl sites for hydroxylation is 1. The second-order valence-electron chi connectivity index (χ2n) is 7.33. The van der Waals surface area contributed by atoms with Crippen molar-refractivity contribution < 1.29 is 13.6 Å². The number of rotatable bonds is 4. The topological polar surface area (TPSA) is 64.7 Å². The zero-order valence-electron chi connectivity index (χ0n) is 16.5. The number of benzene rings is 2. The number of anilines is 1. The summed E-state index contributed by atoms with van der Waals surface area (Å²) in [6, 6.07) is 14.5. The summed E-state index contributed by atoms with van der Waals surface area (Å²) < 4.78 is 30.9. The Morgan fingerprint density at radius 2 is 1.90 bits per heavy atom. The lowest BCUT2D eigenvalue weighted by atomic mass is 10.2. The van der Waals surface area contributed by atoms with Gasteiger partial charge in [0.1, 0.15) is 23.0 Å².